The highest BCUT2D eigenvalue weighted by molar-refractivity contribution is 7.98. The summed E-state index contributed by atoms with van der Waals surface area (Å²) in [5, 5.41) is 11.5. The first kappa shape index (κ1) is 20.4. The van der Waals surface area contributed by atoms with E-state index in [0.717, 1.165) is 53.6 Å². The predicted molar refractivity (Wildman–Crippen MR) is 127 cm³/mol. The lowest BCUT2D eigenvalue weighted by atomic mass is 10.1. The van der Waals surface area contributed by atoms with E-state index >= 15 is 0 Å². The molecule has 0 unspecified atom stereocenters. The molecule has 0 bridgehead atoms. The fourth-order valence-corrected chi connectivity index (χ4v) is 5.68. The van der Waals surface area contributed by atoms with Crippen molar-refractivity contribution in [2.24, 2.45) is 0 Å². The minimum Gasteiger partial charge on any atom is -0.338 e. The molecule has 2 aromatic heterocycles. The van der Waals surface area contributed by atoms with Crippen LogP contribution in [0.3, 0.4) is 0 Å². The third-order valence-corrected chi connectivity index (χ3v) is 7.53. The largest absolute Gasteiger partial charge is 0.338 e. The molecule has 3 aliphatic rings. The van der Waals surface area contributed by atoms with Gasteiger partial charge >= 0.3 is 0 Å². The molecule has 6 rings (SSSR count). The maximum Gasteiger partial charge on any atom is 0.284 e. The van der Waals surface area contributed by atoms with Crippen LogP contribution in [-0.4, -0.2) is 29.5 Å². The first-order valence-corrected chi connectivity index (χ1v) is 12.7. The molecule has 0 spiro atoms. The van der Waals surface area contributed by atoms with E-state index in [0.29, 0.717) is 28.9 Å². The predicted octanol–water partition coefficient (Wildman–Crippen LogP) is 4.66. The number of fused-ring (bicyclic) bond motifs is 3. The summed E-state index contributed by atoms with van der Waals surface area (Å²) in [6, 6.07) is 13.4. The van der Waals surface area contributed by atoms with Crippen LogP contribution < -0.4 is 5.56 Å². The number of benzene rings is 1. The van der Waals surface area contributed by atoms with Gasteiger partial charge in [-0.25, -0.2) is 4.98 Å². The van der Waals surface area contributed by atoms with Gasteiger partial charge in [-0.05, 0) is 42.8 Å². The molecule has 1 aromatic carbocycles. The summed E-state index contributed by atoms with van der Waals surface area (Å²) in [6.07, 6.45) is 4.07. The van der Waals surface area contributed by atoms with E-state index in [4.69, 9.17) is 9.51 Å². The highest BCUT2D eigenvalue weighted by Gasteiger charge is 2.27. The number of nitrogens with zero attached hydrogens (tertiary/aromatic N) is 6. The lowest BCUT2D eigenvalue weighted by Crippen LogP contribution is -2.19. The Kier molecular flexibility index (Phi) is 5.31. The van der Waals surface area contributed by atoms with Crippen LogP contribution in [0.2, 0.25) is 0 Å². The van der Waals surface area contributed by atoms with E-state index in [-0.39, 0.29) is 5.56 Å². The minimum absolute atomic E-state index is 0.108. The Labute approximate surface area is 197 Å². The molecular weight excluding hydrogens is 456 g/mol. The summed E-state index contributed by atoms with van der Waals surface area (Å²) < 4.78 is 9.12. The van der Waals surface area contributed by atoms with Crippen molar-refractivity contribution < 1.29 is 4.52 Å². The van der Waals surface area contributed by atoms with E-state index in [1.807, 2.05) is 47.8 Å². The third-order valence-electron chi connectivity index (χ3n) is 5.70. The van der Waals surface area contributed by atoms with Crippen LogP contribution in [0.4, 0.5) is 0 Å². The summed E-state index contributed by atoms with van der Waals surface area (Å²) >= 11 is 3.12. The van der Waals surface area contributed by atoms with Crippen LogP contribution in [-0.2, 0) is 18.7 Å². The van der Waals surface area contributed by atoms with Crippen molar-refractivity contribution in [1.29, 1.82) is 0 Å². The fraction of sp³-hybridized carbons (Fsp3) is 0.261. The normalized spacial score (nSPS) is 13.8. The summed E-state index contributed by atoms with van der Waals surface area (Å²) in [4.78, 5) is 23.6. The van der Waals surface area contributed by atoms with Gasteiger partial charge in [0.2, 0.25) is 11.7 Å². The first-order chi connectivity index (χ1) is 16.3. The van der Waals surface area contributed by atoms with Gasteiger partial charge < -0.3 is 9.09 Å². The van der Waals surface area contributed by atoms with E-state index in [2.05, 4.69) is 19.8 Å². The summed E-state index contributed by atoms with van der Waals surface area (Å²) in [5.41, 5.74) is 2.29. The van der Waals surface area contributed by atoms with Crippen molar-refractivity contribution in [3.63, 3.8) is 0 Å². The SMILES string of the molecule is O=c1c2c3n(c(SCc4nc(-c5cccs5)no4)nc-2nn1-c1ccccc1)CCCCC3. The van der Waals surface area contributed by atoms with Gasteiger partial charge in [-0.15, -0.1) is 16.4 Å². The number of rotatable bonds is 5. The zero-order valence-electron chi connectivity index (χ0n) is 17.7. The van der Waals surface area contributed by atoms with Crippen molar-refractivity contribution in [1.82, 2.24) is 29.5 Å². The number of hydrogen-bond acceptors (Lipinski definition) is 8. The van der Waals surface area contributed by atoms with E-state index in [1.165, 1.54) is 4.68 Å². The standard InChI is InChI=1S/C23H20N6O2S2/c30-22-19-16-10-5-2-6-12-28(16)23(25-21(19)26-29(22)15-8-3-1-4-9-15)33-14-18-24-20(27-31-18)17-11-7-13-32-17/h1,3-4,7-9,11,13H,2,5-6,10,12,14H2. The number of thiophene rings is 1. The average Bonchev–Trinajstić information content (AvgIpc) is 3.56. The molecule has 0 fully saturated rings. The molecule has 0 radical (unpaired) electrons. The molecule has 33 heavy (non-hydrogen) atoms. The van der Waals surface area contributed by atoms with Gasteiger partial charge in [0.05, 0.1) is 16.3 Å². The molecule has 0 atom stereocenters. The Hall–Kier alpha value is -3.24. The van der Waals surface area contributed by atoms with Crippen molar-refractivity contribution >= 4 is 23.1 Å². The van der Waals surface area contributed by atoms with Gasteiger partial charge in [-0.3, -0.25) is 4.79 Å². The van der Waals surface area contributed by atoms with Crippen molar-refractivity contribution in [2.75, 3.05) is 0 Å². The van der Waals surface area contributed by atoms with Crippen LogP contribution in [0.5, 0.6) is 0 Å². The van der Waals surface area contributed by atoms with Crippen LogP contribution in [0.15, 0.2) is 62.3 Å². The van der Waals surface area contributed by atoms with Crippen molar-refractivity contribution in [2.45, 2.75) is 43.1 Å². The second-order valence-electron chi connectivity index (χ2n) is 7.83. The van der Waals surface area contributed by atoms with Crippen LogP contribution >= 0.6 is 23.1 Å². The van der Waals surface area contributed by atoms with E-state index in [1.54, 1.807) is 23.1 Å². The number of para-hydroxylation sites is 1. The Morgan fingerprint density at radius 1 is 1.03 bits per heavy atom. The van der Waals surface area contributed by atoms with Gasteiger partial charge in [0.1, 0.15) is 5.56 Å². The highest BCUT2D eigenvalue weighted by atomic mass is 32.2. The monoisotopic (exact) mass is 476 g/mol. The first-order valence-electron chi connectivity index (χ1n) is 10.8. The van der Waals surface area contributed by atoms with Gasteiger partial charge in [0.25, 0.3) is 5.56 Å². The Morgan fingerprint density at radius 2 is 1.94 bits per heavy atom. The molecule has 0 amide bonds. The summed E-state index contributed by atoms with van der Waals surface area (Å²) in [7, 11) is 0. The Morgan fingerprint density at radius 3 is 2.79 bits per heavy atom. The molecule has 166 valence electrons. The molecular formula is C23H20N6O2S2. The maximum absolute atomic E-state index is 13.3. The quantitative estimate of drug-likeness (QED) is 0.269. The lowest BCUT2D eigenvalue weighted by Gasteiger charge is -2.17. The van der Waals surface area contributed by atoms with Gasteiger partial charge in [0, 0.05) is 12.2 Å². The topological polar surface area (TPSA) is 91.6 Å². The zero-order valence-corrected chi connectivity index (χ0v) is 19.3. The van der Waals surface area contributed by atoms with Crippen molar-refractivity contribution in [3.05, 3.63) is 69.8 Å². The van der Waals surface area contributed by atoms with Gasteiger partial charge in [-0.1, -0.05) is 47.6 Å². The number of aromatic nitrogens is 6. The van der Waals surface area contributed by atoms with Crippen LogP contribution in [0.1, 0.15) is 30.8 Å². The third kappa shape index (κ3) is 3.79. The second kappa shape index (κ2) is 8.60. The van der Waals surface area contributed by atoms with Crippen LogP contribution in [0.25, 0.3) is 27.8 Å². The van der Waals surface area contributed by atoms with E-state index in [9.17, 15) is 4.79 Å². The molecule has 0 aliphatic carbocycles. The minimum atomic E-state index is -0.108. The fourth-order valence-electron chi connectivity index (χ4n) is 4.15. The Balaban J connectivity index is 1.38. The van der Waals surface area contributed by atoms with Crippen molar-refractivity contribution in [3.8, 4) is 27.8 Å². The van der Waals surface area contributed by atoms with Gasteiger partial charge in [0.15, 0.2) is 11.0 Å². The maximum atomic E-state index is 13.3. The second-order valence-corrected chi connectivity index (χ2v) is 9.72. The molecule has 3 aliphatic heterocycles. The smallest absolute Gasteiger partial charge is 0.284 e. The molecule has 8 nitrogen and oxygen atoms in total. The summed E-state index contributed by atoms with van der Waals surface area (Å²) in [6.45, 7) is 0.834. The molecule has 0 saturated carbocycles. The molecule has 10 heteroatoms. The van der Waals surface area contributed by atoms with E-state index < -0.39 is 0 Å². The number of hydrogen-bond donors (Lipinski definition) is 0. The molecule has 0 saturated heterocycles. The molecule has 3 aromatic rings. The van der Waals surface area contributed by atoms with Crippen LogP contribution in [0, 0.1) is 0 Å². The highest BCUT2D eigenvalue weighted by Crippen LogP contribution is 2.32. The molecule has 0 N–H and O–H groups in total. The Bertz CT molecular complexity index is 1420. The molecule has 5 heterocycles. The zero-order chi connectivity index (χ0) is 22.2. The number of thioether (sulfide) groups is 1. The lowest BCUT2D eigenvalue weighted by molar-refractivity contribution is 0.391. The summed E-state index contributed by atoms with van der Waals surface area (Å²) in [5.74, 6) is 2.14. The average molecular weight is 477 g/mol. The van der Waals surface area contributed by atoms with Gasteiger partial charge in [-0.2, -0.15) is 9.67 Å².